The second-order valence-corrected chi connectivity index (χ2v) is 4.26. The predicted molar refractivity (Wildman–Crippen MR) is 63.2 cm³/mol. The molecule has 92 valence electrons. The van der Waals surface area contributed by atoms with E-state index in [1.807, 2.05) is 4.68 Å². The average Bonchev–Trinajstić information content (AvgIpc) is 2.67. The number of nitrogens with zero attached hydrogens (tertiary/aromatic N) is 3. The van der Waals surface area contributed by atoms with Crippen LogP contribution < -0.4 is 5.73 Å². The van der Waals surface area contributed by atoms with Gasteiger partial charge in [0.1, 0.15) is 12.2 Å². The average molecular weight is 226 g/mol. The van der Waals surface area contributed by atoms with E-state index in [1.165, 1.54) is 0 Å². The van der Waals surface area contributed by atoms with E-state index in [4.69, 9.17) is 10.5 Å². The molecule has 1 rings (SSSR count). The first-order chi connectivity index (χ1) is 7.60. The van der Waals surface area contributed by atoms with Crippen LogP contribution in [0.2, 0.25) is 0 Å². The third-order valence-corrected chi connectivity index (χ3v) is 2.74. The van der Waals surface area contributed by atoms with Crippen molar-refractivity contribution in [2.24, 2.45) is 5.73 Å². The van der Waals surface area contributed by atoms with Gasteiger partial charge in [-0.15, -0.1) is 0 Å². The first kappa shape index (κ1) is 13.1. The van der Waals surface area contributed by atoms with Gasteiger partial charge in [0.15, 0.2) is 0 Å². The van der Waals surface area contributed by atoms with E-state index in [-0.39, 0.29) is 12.1 Å². The predicted octanol–water partition coefficient (Wildman–Crippen LogP) is 1.15. The Labute approximate surface area is 97.0 Å². The van der Waals surface area contributed by atoms with E-state index in [0.29, 0.717) is 12.5 Å². The Hall–Kier alpha value is -0.940. The minimum atomic E-state index is -0.0308. The molecule has 0 spiro atoms. The highest BCUT2D eigenvalue weighted by Gasteiger charge is 2.19. The molecular formula is C11H22N4O. The maximum Gasteiger partial charge on any atom is 0.138 e. The van der Waals surface area contributed by atoms with Crippen molar-refractivity contribution in [2.45, 2.75) is 51.8 Å². The van der Waals surface area contributed by atoms with Crippen molar-refractivity contribution in [3.63, 3.8) is 0 Å². The lowest BCUT2D eigenvalue weighted by molar-refractivity contribution is 0.0763. The summed E-state index contributed by atoms with van der Waals surface area (Å²) >= 11 is 0. The van der Waals surface area contributed by atoms with Crippen molar-refractivity contribution in [3.8, 4) is 0 Å². The molecule has 0 fully saturated rings. The summed E-state index contributed by atoms with van der Waals surface area (Å²) in [6.07, 6.45) is 3.27. The van der Waals surface area contributed by atoms with Gasteiger partial charge in [-0.3, -0.25) is 0 Å². The Morgan fingerprint density at radius 2 is 2.19 bits per heavy atom. The van der Waals surface area contributed by atoms with Gasteiger partial charge in [-0.2, -0.15) is 5.10 Å². The molecule has 1 heterocycles. The first-order valence-electron chi connectivity index (χ1n) is 5.76. The summed E-state index contributed by atoms with van der Waals surface area (Å²) < 4.78 is 7.23. The van der Waals surface area contributed by atoms with E-state index in [0.717, 1.165) is 12.2 Å². The van der Waals surface area contributed by atoms with Crippen molar-refractivity contribution in [2.75, 3.05) is 7.11 Å². The zero-order valence-corrected chi connectivity index (χ0v) is 10.6. The SMILES string of the molecule is CCC(OC)C(N)Cc1ncnn1C(C)C. The minimum absolute atomic E-state index is 0.0308. The Balaban J connectivity index is 2.68. The summed E-state index contributed by atoms with van der Waals surface area (Å²) in [5, 5.41) is 4.19. The summed E-state index contributed by atoms with van der Waals surface area (Å²) in [6, 6.07) is 0.282. The lowest BCUT2D eigenvalue weighted by Crippen LogP contribution is -2.38. The van der Waals surface area contributed by atoms with Crippen LogP contribution in [0.4, 0.5) is 0 Å². The highest BCUT2D eigenvalue weighted by molar-refractivity contribution is 4.92. The lowest BCUT2D eigenvalue weighted by atomic mass is 10.1. The number of aromatic nitrogens is 3. The molecule has 0 saturated carbocycles. The maximum atomic E-state index is 6.09. The van der Waals surface area contributed by atoms with Crippen LogP contribution >= 0.6 is 0 Å². The van der Waals surface area contributed by atoms with E-state index in [2.05, 4.69) is 30.9 Å². The Morgan fingerprint density at radius 3 is 2.69 bits per heavy atom. The lowest BCUT2D eigenvalue weighted by Gasteiger charge is -2.21. The fraction of sp³-hybridized carbons (Fsp3) is 0.818. The third-order valence-electron chi connectivity index (χ3n) is 2.74. The highest BCUT2D eigenvalue weighted by atomic mass is 16.5. The molecule has 0 bridgehead atoms. The Kier molecular flexibility index (Phi) is 4.89. The standard InChI is InChI=1S/C11H22N4O/c1-5-10(16-4)9(12)6-11-13-7-14-15(11)8(2)3/h7-10H,5-6,12H2,1-4H3. The van der Waals surface area contributed by atoms with Crippen molar-refractivity contribution in [1.29, 1.82) is 0 Å². The van der Waals surface area contributed by atoms with E-state index in [9.17, 15) is 0 Å². The van der Waals surface area contributed by atoms with Crippen molar-refractivity contribution in [1.82, 2.24) is 14.8 Å². The van der Waals surface area contributed by atoms with Crippen LogP contribution in [-0.4, -0.2) is 34.0 Å². The third kappa shape index (κ3) is 3.02. The molecule has 16 heavy (non-hydrogen) atoms. The molecule has 0 saturated heterocycles. The zero-order valence-electron chi connectivity index (χ0n) is 10.6. The number of methoxy groups -OCH3 is 1. The van der Waals surface area contributed by atoms with Gasteiger partial charge in [0.05, 0.1) is 6.10 Å². The second kappa shape index (κ2) is 5.96. The van der Waals surface area contributed by atoms with Gasteiger partial charge in [0.25, 0.3) is 0 Å². The fourth-order valence-corrected chi connectivity index (χ4v) is 1.84. The van der Waals surface area contributed by atoms with Crippen molar-refractivity contribution >= 4 is 0 Å². The summed E-state index contributed by atoms with van der Waals surface area (Å²) in [7, 11) is 1.70. The molecule has 0 amide bonds. The molecular weight excluding hydrogens is 204 g/mol. The van der Waals surface area contributed by atoms with Gasteiger partial charge >= 0.3 is 0 Å². The van der Waals surface area contributed by atoms with Crippen LogP contribution in [0.3, 0.4) is 0 Å². The second-order valence-electron chi connectivity index (χ2n) is 4.26. The van der Waals surface area contributed by atoms with Crippen LogP contribution in [-0.2, 0) is 11.2 Å². The monoisotopic (exact) mass is 226 g/mol. The van der Waals surface area contributed by atoms with Gasteiger partial charge in [0.2, 0.25) is 0 Å². The van der Waals surface area contributed by atoms with Gasteiger partial charge < -0.3 is 10.5 Å². The van der Waals surface area contributed by atoms with Crippen molar-refractivity contribution in [3.05, 3.63) is 12.2 Å². The molecule has 0 aliphatic carbocycles. The molecule has 2 N–H and O–H groups in total. The van der Waals surface area contributed by atoms with E-state index < -0.39 is 0 Å². The molecule has 5 heteroatoms. The molecule has 0 aliphatic heterocycles. The van der Waals surface area contributed by atoms with Gasteiger partial charge in [0, 0.05) is 25.6 Å². The molecule has 1 aromatic rings. The normalized spacial score (nSPS) is 15.4. The van der Waals surface area contributed by atoms with Gasteiger partial charge in [-0.1, -0.05) is 6.92 Å². The van der Waals surface area contributed by atoms with Crippen LogP contribution in [0, 0.1) is 0 Å². The van der Waals surface area contributed by atoms with E-state index in [1.54, 1.807) is 13.4 Å². The van der Waals surface area contributed by atoms with Crippen LogP contribution in [0.5, 0.6) is 0 Å². The van der Waals surface area contributed by atoms with Crippen LogP contribution in [0.25, 0.3) is 0 Å². The zero-order chi connectivity index (χ0) is 12.1. The minimum Gasteiger partial charge on any atom is -0.380 e. The van der Waals surface area contributed by atoms with E-state index >= 15 is 0 Å². The fourth-order valence-electron chi connectivity index (χ4n) is 1.84. The topological polar surface area (TPSA) is 66.0 Å². The Morgan fingerprint density at radius 1 is 1.50 bits per heavy atom. The number of rotatable bonds is 6. The molecule has 1 aromatic heterocycles. The van der Waals surface area contributed by atoms with Gasteiger partial charge in [-0.25, -0.2) is 9.67 Å². The molecule has 2 atom stereocenters. The summed E-state index contributed by atoms with van der Waals surface area (Å²) in [6.45, 7) is 6.23. The number of hydrogen-bond acceptors (Lipinski definition) is 4. The molecule has 0 radical (unpaired) electrons. The quantitative estimate of drug-likeness (QED) is 0.790. The largest absolute Gasteiger partial charge is 0.380 e. The number of nitrogens with two attached hydrogens (primary N) is 1. The highest BCUT2D eigenvalue weighted by Crippen LogP contribution is 2.10. The maximum absolute atomic E-state index is 6.09. The summed E-state index contributed by atoms with van der Waals surface area (Å²) in [4.78, 5) is 4.24. The van der Waals surface area contributed by atoms with Crippen molar-refractivity contribution < 1.29 is 4.74 Å². The molecule has 0 aromatic carbocycles. The smallest absolute Gasteiger partial charge is 0.138 e. The molecule has 0 aliphatic rings. The van der Waals surface area contributed by atoms with Crippen LogP contribution in [0.15, 0.2) is 6.33 Å². The Bertz CT molecular complexity index is 307. The summed E-state index contributed by atoms with van der Waals surface area (Å²) in [5.41, 5.74) is 6.09. The van der Waals surface area contributed by atoms with Crippen LogP contribution in [0.1, 0.15) is 39.1 Å². The molecule has 5 nitrogen and oxygen atoms in total. The summed E-state index contributed by atoms with van der Waals surface area (Å²) in [5.74, 6) is 0.929. The first-order valence-corrected chi connectivity index (χ1v) is 5.76. The number of hydrogen-bond donors (Lipinski definition) is 1. The van der Waals surface area contributed by atoms with Gasteiger partial charge in [-0.05, 0) is 20.3 Å². The number of ether oxygens (including phenoxy) is 1. The molecule has 2 unspecified atom stereocenters.